The zero-order valence-electron chi connectivity index (χ0n) is 12.2. The quantitative estimate of drug-likeness (QED) is 0.594. The molecule has 0 spiro atoms. The largest absolute Gasteiger partial charge is 0.419 e. The topological polar surface area (TPSA) is 32.3 Å². The van der Waals surface area contributed by atoms with Gasteiger partial charge in [0, 0.05) is 13.2 Å². The minimum atomic E-state index is -4.68. The van der Waals surface area contributed by atoms with Gasteiger partial charge in [-0.25, -0.2) is 4.39 Å². The molecule has 0 bridgehead atoms. The Morgan fingerprint density at radius 1 is 1.19 bits per heavy atom. The van der Waals surface area contributed by atoms with Gasteiger partial charge in [-0.05, 0) is 42.5 Å². The number of hydrogen-bond acceptors (Lipinski definition) is 2. The van der Waals surface area contributed by atoms with E-state index in [1.54, 1.807) is 0 Å². The fourth-order valence-electron chi connectivity index (χ4n) is 1.90. The van der Waals surface area contributed by atoms with Crippen LogP contribution in [0.5, 0.6) is 0 Å². The third-order valence-electron chi connectivity index (χ3n) is 3.30. The summed E-state index contributed by atoms with van der Waals surface area (Å²) in [4.78, 5) is 0. The summed E-state index contributed by atoms with van der Waals surface area (Å²) in [5.74, 6) is -1.25. The molecular formula is C15H21F4NO. The molecule has 2 nitrogen and oxygen atoms in total. The molecule has 0 aliphatic rings. The monoisotopic (exact) mass is 307 g/mol. The van der Waals surface area contributed by atoms with Crippen LogP contribution in [0.4, 0.5) is 17.6 Å². The minimum Gasteiger partial charge on any atom is -0.396 e. The summed E-state index contributed by atoms with van der Waals surface area (Å²) in [5, 5.41) is 12.1. The van der Waals surface area contributed by atoms with E-state index in [1.807, 2.05) is 13.8 Å². The first-order chi connectivity index (χ1) is 9.65. The first-order valence-electron chi connectivity index (χ1n) is 6.83. The van der Waals surface area contributed by atoms with E-state index in [9.17, 15) is 17.6 Å². The average molecular weight is 307 g/mol. The molecule has 6 heteroatoms. The molecule has 0 saturated carbocycles. The van der Waals surface area contributed by atoms with Crippen LogP contribution in [0.3, 0.4) is 0 Å². The molecule has 1 aromatic rings. The van der Waals surface area contributed by atoms with E-state index in [0.717, 1.165) is 25.0 Å². The third-order valence-corrected chi connectivity index (χ3v) is 3.30. The lowest BCUT2D eigenvalue weighted by atomic mass is 9.89. The fourth-order valence-corrected chi connectivity index (χ4v) is 1.90. The van der Waals surface area contributed by atoms with Crippen LogP contribution in [-0.2, 0) is 12.7 Å². The molecule has 0 atom stereocenters. The highest BCUT2D eigenvalue weighted by atomic mass is 19.4. The van der Waals surface area contributed by atoms with Crippen molar-refractivity contribution in [3.63, 3.8) is 0 Å². The maximum atomic E-state index is 13.1. The SMILES string of the molecule is CC(C)(CO)CCCNCc1ccc(F)c(C(F)(F)F)c1. The first-order valence-corrected chi connectivity index (χ1v) is 6.83. The van der Waals surface area contributed by atoms with Crippen LogP contribution in [0.2, 0.25) is 0 Å². The average Bonchev–Trinajstić information content (AvgIpc) is 2.39. The molecule has 1 rings (SSSR count). The summed E-state index contributed by atoms with van der Waals surface area (Å²) in [7, 11) is 0. The van der Waals surface area contributed by atoms with Gasteiger partial charge in [0.15, 0.2) is 0 Å². The fraction of sp³-hybridized carbons (Fsp3) is 0.600. The molecule has 0 fully saturated rings. The molecule has 0 aromatic heterocycles. The Bertz CT molecular complexity index is 457. The second-order valence-corrected chi connectivity index (χ2v) is 5.91. The molecule has 0 saturated heterocycles. The van der Waals surface area contributed by atoms with Crippen LogP contribution in [0.15, 0.2) is 18.2 Å². The Balaban J connectivity index is 2.47. The van der Waals surface area contributed by atoms with Crippen LogP contribution in [0.1, 0.15) is 37.8 Å². The summed E-state index contributed by atoms with van der Waals surface area (Å²) in [5.41, 5.74) is -0.991. The van der Waals surface area contributed by atoms with Crippen molar-refractivity contribution < 1.29 is 22.7 Å². The van der Waals surface area contributed by atoms with Gasteiger partial charge in [0.2, 0.25) is 0 Å². The van der Waals surface area contributed by atoms with Crippen molar-refractivity contribution in [1.29, 1.82) is 0 Å². The van der Waals surface area contributed by atoms with Crippen molar-refractivity contribution in [2.45, 2.75) is 39.4 Å². The van der Waals surface area contributed by atoms with Gasteiger partial charge in [-0.3, -0.25) is 0 Å². The number of benzene rings is 1. The second-order valence-electron chi connectivity index (χ2n) is 5.91. The van der Waals surface area contributed by atoms with E-state index in [2.05, 4.69) is 5.32 Å². The first kappa shape index (κ1) is 17.9. The summed E-state index contributed by atoms with van der Waals surface area (Å²) in [6.07, 6.45) is -3.06. The molecule has 1 aromatic carbocycles. The molecule has 21 heavy (non-hydrogen) atoms. The van der Waals surface area contributed by atoms with Gasteiger partial charge in [-0.1, -0.05) is 19.9 Å². The van der Waals surface area contributed by atoms with Crippen molar-refractivity contribution in [2.24, 2.45) is 5.41 Å². The van der Waals surface area contributed by atoms with Crippen molar-refractivity contribution in [3.05, 3.63) is 35.1 Å². The van der Waals surface area contributed by atoms with Crippen LogP contribution in [-0.4, -0.2) is 18.3 Å². The molecule has 0 unspecified atom stereocenters. The molecular weight excluding hydrogens is 286 g/mol. The van der Waals surface area contributed by atoms with Crippen molar-refractivity contribution in [3.8, 4) is 0 Å². The van der Waals surface area contributed by atoms with E-state index in [4.69, 9.17) is 5.11 Å². The molecule has 0 aliphatic carbocycles. The highest BCUT2D eigenvalue weighted by Gasteiger charge is 2.34. The van der Waals surface area contributed by atoms with Crippen molar-refractivity contribution in [1.82, 2.24) is 5.32 Å². The standard InChI is InChI=1S/C15H21F4NO/c1-14(2,10-21)6-3-7-20-9-11-4-5-13(16)12(8-11)15(17,18)19/h4-5,8,20-21H,3,6-7,9-10H2,1-2H3. The van der Waals surface area contributed by atoms with Gasteiger partial charge in [-0.15, -0.1) is 0 Å². The Kier molecular flexibility index (Phi) is 6.16. The number of aliphatic hydroxyl groups excluding tert-OH is 1. The number of rotatable bonds is 7. The zero-order valence-corrected chi connectivity index (χ0v) is 12.2. The van der Waals surface area contributed by atoms with Crippen LogP contribution in [0.25, 0.3) is 0 Å². The van der Waals surface area contributed by atoms with Crippen LogP contribution >= 0.6 is 0 Å². The number of hydrogen-bond donors (Lipinski definition) is 2. The lowest BCUT2D eigenvalue weighted by Gasteiger charge is -2.21. The smallest absolute Gasteiger partial charge is 0.396 e. The predicted octanol–water partition coefficient (Wildman–Crippen LogP) is 3.73. The van der Waals surface area contributed by atoms with Gasteiger partial charge >= 0.3 is 6.18 Å². The molecule has 0 radical (unpaired) electrons. The lowest BCUT2D eigenvalue weighted by molar-refractivity contribution is -0.140. The van der Waals surface area contributed by atoms with Crippen molar-refractivity contribution in [2.75, 3.05) is 13.2 Å². The van der Waals surface area contributed by atoms with E-state index in [1.165, 1.54) is 6.07 Å². The van der Waals surface area contributed by atoms with Crippen LogP contribution < -0.4 is 5.32 Å². The molecule has 0 heterocycles. The van der Waals surface area contributed by atoms with Gasteiger partial charge in [0.25, 0.3) is 0 Å². The molecule has 2 N–H and O–H groups in total. The Morgan fingerprint density at radius 3 is 2.43 bits per heavy atom. The van der Waals surface area contributed by atoms with E-state index in [0.29, 0.717) is 12.1 Å². The van der Waals surface area contributed by atoms with Gasteiger partial charge in [0.1, 0.15) is 5.82 Å². The number of nitrogens with one attached hydrogen (secondary N) is 1. The zero-order chi connectivity index (χ0) is 16.1. The van der Waals surface area contributed by atoms with Crippen LogP contribution in [0, 0.1) is 11.2 Å². The number of aliphatic hydroxyl groups is 1. The Labute approximate surface area is 122 Å². The minimum absolute atomic E-state index is 0.0971. The highest BCUT2D eigenvalue weighted by Crippen LogP contribution is 2.31. The second kappa shape index (κ2) is 7.22. The molecule has 120 valence electrons. The highest BCUT2D eigenvalue weighted by molar-refractivity contribution is 5.27. The van der Waals surface area contributed by atoms with E-state index >= 15 is 0 Å². The maximum Gasteiger partial charge on any atom is 0.419 e. The summed E-state index contributed by atoms with van der Waals surface area (Å²) < 4.78 is 50.8. The molecule has 0 aliphatic heterocycles. The summed E-state index contributed by atoms with van der Waals surface area (Å²) in [6.45, 7) is 4.87. The Hall–Kier alpha value is -1.14. The Morgan fingerprint density at radius 2 is 1.86 bits per heavy atom. The third kappa shape index (κ3) is 6.01. The van der Waals surface area contributed by atoms with Gasteiger partial charge < -0.3 is 10.4 Å². The maximum absolute atomic E-state index is 13.1. The summed E-state index contributed by atoms with van der Waals surface area (Å²) in [6, 6.07) is 3.02. The van der Waals surface area contributed by atoms with Gasteiger partial charge in [0.05, 0.1) is 5.56 Å². The lowest BCUT2D eigenvalue weighted by Crippen LogP contribution is -2.21. The van der Waals surface area contributed by atoms with Crippen molar-refractivity contribution >= 4 is 0 Å². The molecule has 0 amide bonds. The van der Waals surface area contributed by atoms with E-state index < -0.39 is 17.6 Å². The number of halogens is 4. The normalized spacial score (nSPS) is 12.7. The number of alkyl halides is 3. The summed E-state index contributed by atoms with van der Waals surface area (Å²) >= 11 is 0. The van der Waals surface area contributed by atoms with E-state index in [-0.39, 0.29) is 18.6 Å². The van der Waals surface area contributed by atoms with Gasteiger partial charge in [-0.2, -0.15) is 13.2 Å². The predicted molar refractivity (Wildman–Crippen MR) is 73.2 cm³/mol.